The van der Waals surface area contributed by atoms with Gasteiger partial charge in [-0.1, -0.05) is 0 Å². The first-order valence-corrected chi connectivity index (χ1v) is 9.80. The maximum absolute atomic E-state index is 12.2. The summed E-state index contributed by atoms with van der Waals surface area (Å²) in [5.41, 5.74) is -0.437. The van der Waals surface area contributed by atoms with Crippen molar-refractivity contribution < 1.29 is 9.53 Å². The van der Waals surface area contributed by atoms with Crippen LogP contribution in [0, 0.1) is 0 Å². The van der Waals surface area contributed by atoms with Crippen LogP contribution < -0.4 is 5.32 Å². The summed E-state index contributed by atoms with van der Waals surface area (Å²) >= 11 is 8.69. The lowest BCUT2D eigenvalue weighted by Crippen LogP contribution is -2.41. The van der Waals surface area contributed by atoms with E-state index in [-0.39, 0.29) is 6.09 Å². The Balaban J connectivity index is 1.76. The van der Waals surface area contributed by atoms with Crippen LogP contribution in [0.2, 0.25) is 0 Å². The van der Waals surface area contributed by atoms with E-state index in [1.807, 2.05) is 25.7 Å². The average molecular weight is 454 g/mol. The van der Waals surface area contributed by atoms with Crippen LogP contribution in [0.4, 0.5) is 4.79 Å². The first-order valence-electron chi connectivity index (χ1n) is 7.40. The van der Waals surface area contributed by atoms with E-state index in [1.165, 1.54) is 4.88 Å². The van der Waals surface area contributed by atoms with Crippen LogP contribution in [0.15, 0.2) is 14.3 Å². The van der Waals surface area contributed by atoms with E-state index < -0.39 is 5.60 Å². The number of thiophene rings is 1. The third-order valence-corrected chi connectivity index (χ3v) is 6.40. The molecule has 1 fully saturated rings. The van der Waals surface area contributed by atoms with Gasteiger partial charge in [0.1, 0.15) is 5.60 Å². The van der Waals surface area contributed by atoms with Crippen LogP contribution >= 0.6 is 43.2 Å². The second-order valence-electron chi connectivity index (χ2n) is 6.42. The molecule has 2 rings (SSSR count). The highest BCUT2D eigenvalue weighted by Crippen LogP contribution is 2.32. The quantitative estimate of drug-likeness (QED) is 0.631. The predicted molar refractivity (Wildman–Crippen MR) is 97.4 cm³/mol. The zero-order valence-electron chi connectivity index (χ0n) is 13.1. The standard InChI is InChI=1S/C15H22Br2N2O2S/c1-15(2,3)21-14(20)19(10-4-5-10)7-6-18-9-11-8-12(16)13(17)22-11/h8,10,18H,4-7,9H2,1-3H3. The molecule has 1 aliphatic carbocycles. The summed E-state index contributed by atoms with van der Waals surface area (Å²) in [5, 5.41) is 3.39. The first kappa shape index (κ1) is 18.2. The Morgan fingerprint density at radius 1 is 1.45 bits per heavy atom. The van der Waals surface area contributed by atoms with Gasteiger partial charge >= 0.3 is 6.09 Å². The molecule has 1 N–H and O–H groups in total. The first-order chi connectivity index (χ1) is 10.3. The molecule has 0 bridgehead atoms. The predicted octanol–water partition coefficient (Wildman–Crippen LogP) is 4.76. The summed E-state index contributed by atoms with van der Waals surface area (Å²) < 4.78 is 7.68. The highest BCUT2D eigenvalue weighted by molar-refractivity contribution is 9.13. The van der Waals surface area contributed by atoms with Crippen LogP contribution in [-0.4, -0.2) is 35.7 Å². The number of rotatable bonds is 6. The second-order valence-corrected chi connectivity index (χ2v) is 9.73. The molecule has 0 atom stereocenters. The van der Waals surface area contributed by atoms with Gasteiger partial charge in [-0.3, -0.25) is 0 Å². The largest absolute Gasteiger partial charge is 0.444 e. The van der Waals surface area contributed by atoms with Crippen LogP contribution in [0.1, 0.15) is 38.5 Å². The lowest BCUT2D eigenvalue weighted by molar-refractivity contribution is 0.0236. The summed E-state index contributed by atoms with van der Waals surface area (Å²) in [6.45, 7) is 7.97. The van der Waals surface area contributed by atoms with E-state index >= 15 is 0 Å². The summed E-state index contributed by atoms with van der Waals surface area (Å²) in [5.74, 6) is 0. The molecule has 0 radical (unpaired) electrons. The van der Waals surface area contributed by atoms with E-state index in [0.717, 1.165) is 34.2 Å². The number of hydrogen-bond donors (Lipinski definition) is 1. The number of carbonyl (C=O) groups excluding carboxylic acids is 1. The maximum atomic E-state index is 12.2. The zero-order chi connectivity index (χ0) is 16.3. The Kier molecular flexibility index (Phi) is 6.33. The van der Waals surface area contributed by atoms with E-state index in [2.05, 4.69) is 43.2 Å². The van der Waals surface area contributed by atoms with Crippen LogP contribution in [0.3, 0.4) is 0 Å². The number of halogens is 2. The van der Waals surface area contributed by atoms with Crippen LogP contribution in [-0.2, 0) is 11.3 Å². The third kappa shape index (κ3) is 5.83. The highest BCUT2D eigenvalue weighted by atomic mass is 79.9. The van der Waals surface area contributed by atoms with Crippen LogP contribution in [0.5, 0.6) is 0 Å². The molecule has 1 aromatic heterocycles. The molecule has 0 saturated heterocycles. The fourth-order valence-corrected chi connectivity index (χ4v) is 4.17. The lowest BCUT2D eigenvalue weighted by atomic mass is 10.2. The molecule has 1 saturated carbocycles. The van der Waals surface area contributed by atoms with Crippen molar-refractivity contribution in [3.63, 3.8) is 0 Å². The monoisotopic (exact) mass is 452 g/mol. The van der Waals surface area contributed by atoms with Crippen molar-refractivity contribution in [1.82, 2.24) is 10.2 Å². The van der Waals surface area contributed by atoms with Gasteiger partial charge in [0.05, 0.1) is 3.79 Å². The molecule has 1 heterocycles. The number of hydrogen-bond acceptors (Lipinski definition) is 4. The van der Waals surface area contributed by atoms with Crippen molar-refractivity contribution in [2.24, 2.45) is 0 Å². The van der Waals surface area contributed by atoms with Gasteiger partial charge in [0.25, 0.3) is 0 Å². The average Bonchev–Trinajstić information content (AvgIpc) is 3.15. The topological polar surface area (TPSA) is 41.6 Å². The van der Waals surface area contributed by atoms with Crippen molar-refractivity contribution >= 4 is 49.3 Å². The molecular formula is C15H22Br2N2O2S. The van der Waals surface area contributed by atoms with Crippen molar-refractivity contribution in [3.8, 4) is 0 Å². The molecule has 124 valence electrons. The Hall–Kier alpha value is -0.110. The van der Waals surface area contributed by atoms with Crippen molar-refractivity contribution in [2.75, 3.05) is 13.1 Å². The Morgan fingerprint density at radius 3 is 2.64 bits per heavy atom. The molecule has 0 spiro atoms. The zero-order valence-corrected chi connectivity index (χ0v) is 17.1. The van der Waals surface area contributed by atoms with Crippen LogP contribution in [0.25, 0.3) is 0 Å². The summed E-state index contributed by atoms with van der Waals surface area (Å²) in [7, 11) is 0. The highest BCUT2D eigenvalue weighted by Gasteiger charge is 2.34. The van der Waals surface area contributed by atoms with Gasteiger partial charge in [0.15, 0.2) is 0 Å². The second kappa shape index (κ2) is 7.64. The molecule has 22 heavy (non-hydrogen) atoms. The minimum Gasteiger partial charge on any atom is -0.444 e. The molecule has 4 nitrogen and oxygen atoms in total. The van der Waals surface area contributed by atoms with Gasteiger partial charge in [-0.15, -0.1) is 11.3 Å². The molecule has 1 aliphatic rings. The number of ether oxygens (including phenoxy) is 1. The van der Waals surface area contributed by atoms with Gasteiger partial charge in [-0.2, -0.15) is 0 Å². The van der Waals surface area contributed by atoms with Gasteiger partial charge in [-0.05, 0) is 71.5 Å². The minimum atomic E-state index is -0.437. The fourth-order valence-electron chi connectivity index (χ4n) is 2.02. The smallest absolute Gasteiger partial charge is 0.410 e. The molecule has 1 amide bonds. The lowest BCUT2D eigenvalue weighted by Gasteiger charge is -2.27. The summed E-state index contributed by atoms with van der Waals surface area (Å²) in [4.78, 5) is 15.3. The van der Waals surface area contributed by atoms with Gasteiger partial charge < -0.3 is 15.0 Å². The SMILES string of the molecule is CC(C)(C)OC(=O)N(CCNCc1cc(Br)c(Br)s1)C1CC1. The minimum absolute atomic E-state index is 0.196. The molecule has 1 aromatic rings. The van der Waals surface area contributed by atoms with Crippen molar-refractivity contribution in [3.05, 3.63) is 19.2 Å². The fraction of sp³-hybridized carbons (Fsp3) is 0.667. The van der Waals surface area contributed by atoms with E-state index in [9.17, 15) is 4.79 Å². The molecule has 0 aromatic carbocycles. The number of carbonyl (C=O) groups is 1. The summed E-state index contributed by atoms with van der Waals surface area (Å²) in [6, 6.07) is 2.47. The number of amides is 1. The van der Waals surface area contributed by atoms with Crippen molar-refractivity contribution in [2.45, 2.75) is 51.8 Å². The molecule has 7 heteroatoms. The number of nitrogens with zero attached hydrogens (tertiary/aromatic N) is 1. The third-order valence-electron chi connectivity index (χ3n) is 3.14. The molecule has 0 aliphatic heterocycles. The Labute approximate surface area is 152 Å². The number of nitrogens with one attached hydrogen (secondary N) is 1. The van der Waals surface area contributed by atoms with Gasteiger partial charge in [0, 0.05) is 35.0 Å². The van der Waals surface area contributed by atoms with E-state index in [1.54, 1.807) is 11.3 Å². The molecular weight excluding hydrogens is 432 g/mol. The Bertz CT molecular complexity index is 505. The van der Waals surface area contributed by atoms with Gasteiger partial charge in [0.2, 0.25) is 0 Å². The summed E-state index contributed by atoms with van der Waals surface area (Å²) in [6.07, 6.45) is 1.98. The van der Waals surface area contributed by atoms with Gasteiger partial charge in [-0.25, -0.2) is 4.79 Å². The van der Waals surface area contributed by atoms with Crippen molar-refractivity contribution in [1.29, 1.82) is 0 Å². The maximum Gasteiger partial charge on any atom is 0.410 e. The molecule has 0 unspecified atom stereocenters. The van der Waals surface area contributed by atoms with E-state index in [0.29, 0.717) is 12.6 Å². The normalized spacial score (nSPS) is 15.0. The van der Waals surface area contributed by atoms with E-state index in [4.69, 9.17) is 4.74 Å². The Morgan fingerprint density at radius 2 is 2.14 bits per heavy atom.